The van der Waals surface area contributed by atoms with Gasteiger partial charge < -0.3 is 41.9 Å². The number of nitrogens with two attached hydrogens (primary N) is 1. The number of nitrogens with one attached hydrogen (secondary N) is 5. The highest BCUT2D eigenvalue weighted by atomic mass is 16.4. The lowest BCUT2D eigenvalue weighted by Crippen LogP contribution is -2.58. The van der Waals surface area contributed by atoms with Crippen LogP contribution in [-0.2, 0) is 36.8 Å². The van der Waals surface area contributed by atoms with Crippen molar-refractivity contribution in [3.05, 3.63) is 72.1 Å². The van der Waals surface area contributed by atoms with Crippen LogP contribution in [0, 0.1) is 0 Å². The number of rotatable bonds is 13. The Bertz CT molecular complexity index is 1630. The first-order chi connectivity index (χ1) is 20.0. The predicted molar refractivity (Wildman–Crippen MR) is 153 cm³/mol. The first-order valence-corrected chi connectivity index (χ1v) is 13.2. The quantitative estimate of drug-likeness (QED) is 0.113. The summed E-state index contributed by atoms with van der Waals surface area (Å²) in [7, 11) is 0. The number of benzene rings is 2. The Kier molecular flexibility index (Phi) is 9.22. The van der Waals surface area contributed by atoms with Gasteiger partial charge in [0.1, 0.15) is 18.1 Å². The van der Waals surface area contributed by atoms with Gasteiger partial charge in [-0.05, 0) is 36.6 Å². The van der Waals surface area contributed by atoms with Crippen LogP contribution in [-0.4, -0.2) is 74.0 Å². The minimum Gasteiger partial charge on any atom is -0.481 e. The summed E-state index contributed by atoms with van der Waals surface area (Å²) in [5.41, 5.74) is 9.45. The lowest BCUT2D eigenvalue weighted by Gasteiger charge is -2.24. The number of para-hydroxylation sites is 2. The summed E-state index contributed by atoms with van der Waals surface area (Å²) in [4.78, 5) is 68.3. The molecule has 220 valence electrons. The molecule has 4 atom stereocenters. The standard InChI is InChI=1S/C29H32N6O7/c1-15(29(41)42)33-27(39)24(12-25(36)37)35-28(40)23(11-17-14-32-22-9-5-3-7-19(17)22)34-26(38)20(30)10-16-13-31-21-8-4-2-6-18(16)21/h2-9,13-15,20,23-24,31-32H,10-12,30H2,1H3,(H,33,39)(H,34,38)(H,35,40)(H,36,37)(H,41,42). The molecule has 4 aromatic rings. The number of H-pyrrole nitrogens is 2. The molecular formula is C29H32N6O7. The molecule has 0 radical (unpaired) electrons. The number of hydrogen-bond acceptors (Lipinski definition) is 6. The number of aromatic nitrogens is 2. The number of carboxylic acids is 2. The van der Waals surface area contributed by atoms with Gasteiger partial charge >= 0.3 is 11.9 Å². The Morgan fingerprint density at radius 2 is 1.24 bits per heavy atom. The van der Waals surface area contributed by atoms with E-state index in [0.717, 1.165) is 27.4 Å². The second-order valence-electron chi connectivity index (χ2n) is 10.0. The van der Waals surface area contributed by atoms with Crippen molar-refractivity contribution in [3.63, 3.8) is 0 Å². The van der Waals surface area contributed by atoms with E-state index < -0.39 is 60.2 Å². The topological polar surface area (TPSA) is 219 Å². The summed E-state index contributed by atoms with van der Waals surface area (Å²) >= 11 is 0. The summed E-state index contributed by atoms with van der Waals surface area (Å²) in [6, 6.07) is 9.70. The van der Waals surface area contributed by atoms with Crippen molar-refractivity contribution in [2.45, 2.75) is 50.4 Å². The molecule has 3 amide bonds. The van der Waals surface area contributed by atoms with Crippen LogP contribution >= 0.6 is 0 Å². The molecule has 2 aromatic carbocycles. The van der Waals surface area contributed by atoms with E-state index in [1.807, 2.05) is 48.5 Å². The largest absolute Gasteiger partial charge is 0.481 e. The van der Waals surface area contributed by atoms with Gasteiger partial charge in [0.15, 0.2) is 0 Å². The normalized spacial score (nSPS) is 14.0. The van der Waals surface area contributed by atoms with E-state index in [2.05, 4.69) is 25.9 Å². The van der Waals surface area contributed by atoms with Crippen molar-refractivity contribution in [1.82, 2.24) is 25.9 Å². The number of aliphatic carboxylic acids is 2. The maximum Gasteiger partial charge on any atom is 0.325 e. The number of aromatic amines is 2. The molecule has 13 heteroatoms. The number of carbonyl (C=O) groups is 5. The van der Waals surface area contributed by atoms with Gasteiger partial charge in [0.25, 0.3) is 0 Å². The van der Waals surface area contributed by atoms with Crippen LogP contribution in [0.15, 0.2) is 60.9 Å². The van der Waals surface area contributed by atoms with E-state index in [0.29, 0.717) is 5.56 Å². The van der Waals surface area contributed by atoms with Crippen LogP contribution in [0.25, 0.3) is 21.8 Å². The van der Waals surface area contributed by atoms with Gasteiger partial charge in [-0.1, -0.05) is 36.4 Å². The monoisotopic (exact) mass is 576 g/mol. The van der Waals surface area contributed by atoms with Crippen LogP contribution in [0.2, 0.25) is 0 Å². The summed E-state index contributed by atoms with van der Waals surface area (Å²) in [5, 5.41) is 27.4. The molecule has 0 aliphatic carbocycles. The van der Waals surface area contributed by atoms with Crippen LogP contribution in [0.5, 0.6) is 0 Å². The average Bonchev–Trinajstić information content (AvgIpc) is 3.56. The average molecular weight is 577 g/mol. The summed E-state index contributed by atoms with van der Waals surface area (Å²) < 4.78 is 0. The predicted octanol–water partition coefficient (Wildman–Crippen LogP) is 0.795. The molecule has 2 aromatic heterocycles. The molecule has 0 fully saturated rings. The Morgan fingerprint density at radius 1 is 0.738 bits per heavy atom. The van der Waals surface area contributed by atoms with E-state index >= 15 is 0 Å². The Labute approximate surface area is 239 Å². The second-order valence-corrected chi connectivity index (χ2v) is 10.0. The Hall–Kier alpha value is -5.17. The third-order valence-electron chi connectivity index (χ3n) is 6.92. The van der Waals surface area contributed by atoms with Crippen molar-refractivity contribution in [2.75, 3.05) is 0 Å². The molecule has 0 aliphatic heterocycles. The van der Waals surface area contributed by atoms with Gasteiger partial charge in [-0.15, -0.1) is 0 Å². The van der Waals surface area contributed by atoms with E-state index in [1.165, 1.54) is 6.92 Å². The molecule has 0 bridgehead atoms. The zero-order chi connectivity index (χ0) is 30.4. The van der Waals surface area contributed by atoms with Crippen molar-refractivity contribution in [1.29, 1.82) is 0 Å². The minimum absolute atomic E-state index is 0.00562. The lowest BCUT2D eigenvalue weighted by molar-refractivity contribution is -0.143. The van der Waals surface area contributed by atoms with Crippen molar-refractivity contribution < 1.29 is 34.2 Å². The highest BCUT2D eigenvalue weighted by Gasteiger charge is 2.31. The molecule has 0 saturated carbocycles. The highest BCUT2D eigenvalue weighted by Crippen LogP contribution is 2.21. The minimum atomic E-state index is -1.60. The molecule has 13 nitrogen and oxygen atoms in total. The molecule has 42 heavy (non-hydrogen) atoms. The third kappa shape index (κ3) is 7.12. The first kappa shape index (κ1) is 29.8. The van der Waals surface area contributed by atoms with Crippen molar-refractivity contribution >= 4 is 51.5 Å². The van der Waals surface area contributed by atoms with Gasteiger partial charge in [0.05, 0.1) is 12.5 Å². The Morgan fingerprint density at radius 3 is 1.79 bits per heavy atom. The molecule has 0 spiro atoms. The zero-order valence-corrected chi connectivity index (χ0v) is 22.7. The second kappa shape index (κ2) is 13.0. The molecule has 0 aliphatic rings. The van der Waals surface area contributed by atoms with E-state index in [-0.39, 0.29) is 12.8 Å². The summed E-state index contributed by atoms with van der Waals surface area (Å²) in [6.45, 7) is 1.20. The number of amides is 3. The van der Waals surface area contributed by atoms with E-state index in [4.69, 9.17) is 10.8 Å². The molecule has 0 saturated heterocycles. The van der Waals surface area contributed by atoms with Crippen molar-refractivity contribution in [2.24, 2.45) is 5.73 Å². The molecule has 4 rings (SSSR count). The van der Waals surface area contributed by atoms with Gasteiger partial charge in [0.2, 0.25) is 17.7 Å². The van der Waals surface area contributed by atoms with Crippen LogP contribution in [0.3, 0.4) is 0 Å². The van der Waals surface area contributed by atoms with Gasteiger partial charge in [-0.2, -0.15) is 0 Å². The number of fused-ring (bicyclic) bond motifs is 2. The van der Waals surface area contributed by atoms with Crippen LogP contribution in [0.1, 0.15) is 24.5 Å². The van der Waals surface area contributed by atoms with Crippen molar-refractivity contribution in [3.8, 4) is 0 Å². The fraction of sp³-hybridized carbons (Fsp3) is 0.276. The molecule has 4 unspecified atom stereocenters. The molecule has 9 N–H and O–H groups in total. The van der Waals surface area contributed by atoms with E-state index in [1.54, 1.807) is 12.4 Å². The maximum atomic E-state index is 13.5. The number of carboxylic acid groups (broad SMARTS) is 2. The third-order valence-corrected chi connectivity index (χ3v) is 6.92. The van der Waals surface area contributed by atoms with Gasteiger partial charge in [0, 0.05) is 40.6 Å². The first-order valence-electron chi connectivity index (χ1n) is 13.2. The SMILES string of the molecule is CC(NC(=O)C(CC(=O)O)NC(=O)C(Cc1c[nH]c2ccccc12)NC(=O)C(N)Cc1c[nH]c2ccccc12)C(=O)O. The van der Waals surface area contributed by atoms with E-state index in [9.17, 15) is 29.1 Å². The molecular weight excluding hydrogens is 544 g/mol. The summed E-state index contributed by atoms with van der Waals surface area (Å²) in [6.07, 6.45) is 2.82. The number of carbonyl (C=O) groups excluding carboxylic acids is 3. The summed E-state index contributed by atoms with van der Waals surface area (Å²) in [5.74, 6) is -5.18. The zero-order valence-electron chi connectivity index (χ0n) is 22.7. The van der Waals surface area contributed by atoms with Crippen LogP contribution < -0.4 is 21.7 Å². The smallest absolute Gasteiger partial charge is 0.325 e. The fourth-order valence-electron chi connectivity index (χ4n) is 4.67. The maximum absolute atomic E-state index is 13.5. The number of hydrogen-bond donors (Lipinski definition) is 8. The highest BCUT2D eigenvalue weighted by molar-refractivity contribution is 5.96. The van der Waals surface area contributed by atoms with Crippen LogP contribution in [0.4, 0.5) is 0 Å². The Balaban J connectivity index is 1.55. The lowest BCUT2D eigenvalue weighted by atomic mass is 10.0. The van der Waals surface area contributed by atoms with Gasteiger partial charge in [-0.25, -0.2) is 0 Å². The molecule has 2 heterocycles. The van der Waals surface area contributed by atoms with Gasteiger partial charge in [-0.3, -0.25) is 24.0 Å². The fourth-order valence-corrected chi connectivity index (χ4v) is 4.67.